The third-order valence-electron chi connectivity index (χ3n) is 5.10. The van der Waals surface area contributed by atoms with Crippen molar-refractivity contribution in [2.24, 2.45) is 0 Å². The van der Waals surface area contributed by atoms with Crippen LogP contribution in [0.25, 0.3) is 11.6 Å². The van der Waals surface area contributed by atoms with Crippen LogP contribution in [0.4, 0.5) is 5.69 Å². The van der Waals surface area contributed by atoms with Crippen molar-refractivity contribution < 1.29 is 14.5 Å². The highest BCUT2D eigenvalue weighted by Crippen LogP contribution is 2.31. The Labute approximate surface area is 191 Å². The molecule has 0 saturated carbocycles. The number of benzene rings is 4. The predicted octanol–water partition coefficient (Wildman–Crippen LogP) is 6.60. The Kier molecular flexibility index (Phi) is 6.71. The number of nitro groups is 1. The molecule has 0 aromatic heterocycles. The van der Waals surface area contributed by atoms with E-state index in [-0.39, 0.29) is 23.8 Å². The second kappa shape index (κ2) is 10.2. The van der Waals surface area contributed by atoms with Gasteiger partial charge >= 0.3 is 5.69 Å². The van der Waals surface area contributed by atoms with E-state index in [0.717, 1.165) is 16.7 Å². The number of rotatable bonds is 8. The fourth-order valence-electron chi connectivity index (χ4n) is 3.43. The van der Waals surface area contributed by atoms with Crippen LogP contribution in [-0.4, -0.2) is 10.7 Å². The van der Waals surface area contributed by atoms with Gasteiger partial charge in [-0.05, 0) is 34.9 Å². The topological polar surface area (TPSA) is 69.4 Å². The first-order chi connectivity index (χ1) is 16.1. The molecule has 5 nitrogen and oxygen atoms in total. The third kappa shape index (κ3) is 5.40. The molecule has 0 aliphatic heterocycles. The van der Waals surface area contributed by atoms with Crippen LogP contribution in [0, 0.1) is 10.1 Å². The average Bonchev–Trinajstić information content (AvgIpc) is 2.87. The van der Waals surface area contributed by atoms with Crippen molar-refractivity contribution in [2.75, 3.05) is 0 Å². The van der Waals surface area contributed by atoms with Crippen LogP contribution in [0.5, 0.6) is 5.75 Å². The Morgan fingerprint density at radius 3 is 2.03 bits per heavy atom. The quantitative estimate of drug-likeness (QED) is 0.103. The van der Waals surface area contributed by atoms with Gasteiger partial charge in [0.2, 0.25) is 0 Å². The standard InChI is InChI=1S/C28H21NO4/c30-28(25(23-14-8-3-9-15-23)18-21-10-4-1-5-11-21)24-16-17-26(29(31)32)27(19-24)33-20-22-12-6-2-7-13-22/h1-19H,20H2. The predicted molar refractivity (Wildman–Crippen MR) is 129 cm³/mol. The summed E-state index contributed by atoms with van der Waals surface area (Å²) in [5.74, 6) is -0.189. The minimum Gasteiger partial charge on any atom is -0.482 e. The first-order valence-corrected chi connectivity index (χ1v) is 10.4. The van der Waals surface area contributed by atoms with Gasteiger partial charge in [0.1, 0.15) is 6.61 Å². The monoisotopic (exact) mass is 435 g/mol. The Bertz CT molecular complexity index is 1280. The molecule has 162 valence electrons. The molecule has 0 amide bonds. The van der Waals surface area contributed by atoms with Crippen molar-refractivity contribution in [3.05, 3.63) is 142 Å². The van der Waals surface area contributed by atoms with Crippen molar-refractivity contribution in [2.45, 2.75) is 6.61 Å². The van der Waals surface area contributed by atoms with E-state index in [2.05, 4.69) is 0 Å². The highest BCUT2D eigenvalue weighted by atomic mass is 16.6. The van der Waals surface area contributed by atoms with Crippen LogP contribution in [0.15, 0.2) is 109 Å². The number of carbonyl (C=O) groups is 1. The summed E-state index contributed by atoms with van der Waals surface area (Å²) in [4.78, 5) is 24.6. The van der Waals surface area contributed by atoms with Crippen molar-refractivity contribution in [1.29, 1.82) is 0 Å². The molecule has 0 N–H and O–H groups in total. The normalized spacial score (nSPS) is 11.1. The Balaban J connectivity index is 1.72. The second-order valence-corrected chi connectivity index (χ2v) is 7.38. The first kappa shape index (κ1) is 21.7. The van der Waals surface area contributed by atoms with E-state index in [1.165, 1.54) is 18.2 Å². The molecule has 0 atom stereocenters. The number of Topliss-reactive ketones (excluding diaryl/α,β-unsaturated/α-hetero) is 1. The summed E-state index contributed by atoms with van der Waals surface area (Å²) in [6.07, 6.45) is 1.82. The third-order valence-corrected chi connectivity index (χ3v) is 5.10. The highest BCUT2D eigenvalue weighted by Gasteiger charge is 2.21. The van der Waals surface area contributed by atoms with Gasteiger partial charge < -0.3 is 4.74 Å². The number of hydrogen-bond acceptors (Lipinski definition) is 4. The number of allylic oxidation sites excluding steroid dienone is 1. The molecule has 4 aromatic carbocycles. The van der Waals surface area contributed by atoms with Crippen LogP contribution in [0.2, 0.25) is 0 Å². The van der Waals surface area contributed by atoms with Gasteiger partial charge in [-0.3, -0.25) is 14.9 Å². The lowest BCUT2D eigenvalue weighted by Gasteiger charge is -2.11. The summed E-state index contributed by atoms with van der Waals surface area (Å²) in [6.45, 7) is 0.157. The molecule has 0 radical (unpaired) electrons. The number of ether oxygens (including phenoxy) is 1. The Hall–Kier alpha value is -4.51. The minimum absolute atomic E-state index is 0.0572. The molecule has 0 spiro atoms. The number of carbonyl (C=O) groups excluding carboxylic acids is 1. The van der Waals surface area contributed by atoms with Gasteiger partial charge in [0.25, 0.3) is 0 Å². The van der Waals surface area contributed by atoms with Gasteiger partial charge in [0, 0.05) is 17.2 Å². The van der Waals surface area contributed by atoms with Gasteiger partial charge in [-0.15, -0.1) is 0 Å². The summed E-state index contributed by atoms with van der Waals surface area (Å²) in [6, 6.07) is 32.5. The van der Waals surface area contributed by atoms with Gasteiger partial charge in [0.05, 0.1) is 4.92 Å². The van der Waals surface area contributed by atoms with E-state index in [1.54, 1.807) is 0 Å². The molecule has 5 heteroatoms. The second-order valence-electron chi connectivity index (χ2n) is 7.38. The molecule has 0 fully saturated rings. The Morgan fingerprint density at radius 2 is 1.39 bits per heavy atom. The summed E-state index contributed by atoms with van der Waals surface area (Å²) < 4.78 is 5.77. The number of hydrogen-bond donors (Lipinski definition) is 0. The van der Waals surface area contributed by atoms with E-state index in [1.807, 2.05) is 97.1 Å². The van der Waals surface area contributed by atoms with Gasteiger partial charge in [0.15, 0.2) is 11.5 Å². The lowest BCUT2D eigenvalue weighted by molar-refractivity contribution is -0.385. The van der Waals surface area contributed by atoms with Gasteiger partial charge in [-0.25, -0.2) is 0 Å². The van der Waals surface area contributed by atoms with E-state index >= 15 is 0 Å². The minimum atomic E-state index is -0.507. The maximum Gasteiger partial charge on any atom is 0.310 e. The zero-order chi connectivity index (χ0) is 23.0. The van der Waals surface area contributed by atoms with Crippen LogP contribution in [0.1, 0.15) is 27.0 Å². The van der Waals surface area contributed by atoms with E-state index in [9.17, 15) is 14.9 Å². The van der Waals surface area contributed by atoms with Gasteiger partial charge in [-0.2, -0.15) is 0 Å². The number of nitro benzene ring substituents is 1. The smallest absolute Gasteiger partial charge is 0.310 e. The largest absolute Gasteiger partial charge is 0.482 e. The highest BCUT2D eigenvalue weighted by molar-refractivity contribution is 6.32. The zero-order valence-corrected chi connectivity index (χ0v) is 17.8. The summed E-state index contributed by atoms with van der Waals surface area (Å²) in [7, 11) is 0. The number of nitrogens with zero attached hydrogens (tertiary/aromatic N) is 1. The Morgan fingerprint density at radius 1 is 0.788 bits per heavy atom. The van der Waals surface area contributed by atoms with Gasteiger partial charge in [-0.1, -0.05) is 91.0 Å². The lowest BCUT2D eigenvalue weighted by Crippen LogP contribution is -2.05. The number of ketones is 1. The zero-order valence-electron chi connectivity index (χ0n) is 17.8. The van der Waals surface area contributed by atoms with Crippen molar-refractivity contribution in [3.63, 3.8) is 0 Å². The van der Waals surface area contributed by atoms with Crippen molar-refractivity contribution in [3.8, 4) is 5.75 Å². The molecule has 0 aliphatic carbocycles. The van der Waals surface area contributed by atoms with Crippen LogP contribution < -0.4 is 4.74 Å². The molecule has 0 heterocycles. The molecular weight excluding hydrogens is 414 g/mol. The van der Waals surface area contributed by atoms with E-state index in [0.29, 0.717) is 11.1 Å². The molecule has 0 unspecified atom stereocenters. The van der Waals surface area contributed by atoms with Crippen molar-refractivity contribution in [1.82, 2.24) is 0 Å². The molecule has 4 rings (SSSR count). The summed E-state index contributed by atoms with van der Waals surface area (Å²) in [5.41, 5.74) is 3.14. The SMILES string of the molecule is O=C(C(=Cc1ccccc1)c1ccccc1)c1ccc([N+](=O)[O-])c(OCc2ccccc2)c1. The fourth-order valence-corrected chi connectivity index (χ4v) is 3.43. The van der Waals surface area contributed by atoms with Crippen LogP contribution in [0.3, 0.4) is 0 Å². The first-order valence-electron chi connectivity index (χ1n) is 10.4. The summed E-state index contributed by atoms with van der Waals surface area (Å²) >= 11 is 0. The summed E-state index contributed by atoms with van der Waals surface area (Å²) in [5, 5.41) is 11.5. The maximum atomic E-state index is 13.6. The fraction of sp³-hybridized carbons (Fsp3) is 0.0357. The molecule has 0 bridgehead atoms. The molecule has 0 aliphatic rings. The average molecular weight is 435 g/mol. The lowest BCUT2D eigenvalue weighted by atomic mass is 9.94. The van der Waals surface area contributed by atoms with Crippen molar-refractivity contribution >= 4 is 23.1 Å². The van der Waals surface area contributed by atoms with E-state index in [4.69, 9.17) is 4.74 Å². The van der Waals surface area contributed by atoms with E-state index < -0.39 is 4.92 Å². The molecule has 0 saturated heterocycles. The molecule has 33 heavy (non-hydrogen) atoms. The van der Waals surface area contributed by atoms with Crippen LogP contribution >= 0.6 is 0 Å². The van der Waals surface area contributed by atoms with Crippen LogP contribution in [-0.2, 0) is 6.61 Å². The molecule has 4 aromatic rings. The maximum absolute atomic E-state index is 13.6. The molecular formula is C28H21NO4.